The first-order valence-electron chi connectivity index (χ1n) is 41.2. The van der Waals surface area contributed by atoms with E-state index in [0.717, 1.165) is 27.9 Å². The highest BCUT2D eigenvalue weighted by Gasteiger charge is 2.53. The average molecular weight is 1550 g/mol. The molecule has 4 heteroatoms. The molecule has 119 heavy (non-hydrogen) atoms. The molecular weight excluding hydrogens is 1470 g/mol. The maximum Gasteiger partial charge on any atom is 0.0640 e. The van der Waals surface area contributed by atoms with E-state index >= 15 is 0 Å². The van der Waals surface area contributed by atoms with Crippen LogP contribution in [0.3, 0.4) is 0 Å². The van der Waals surface area contributed by atoms with Crippen LogP contribution in [0.5, 0.6) is 0 Å². The van der Waals surface area contributed by atoms with Gasteiger partial charge in [-0.15, -0.1) is 22.7 Å². The lowest BCUT2D eigenvalue weighted by atomic mass is 9.63. The summed E-state index contributed by atoms with van der Waals surface area (Å²) < 4.78 is 10.1. The molecule has 0 saturated heterocycles. The van der Waals surface area contributed by atoms with Crippen molar-refractivity contribution in [1.29, 1.82) is 0 Å². The van der Waals surface area contributed by atoms with E-state index in [2.05, 4.69) is 446 Å². The van der Waals surface area contributed by atoms with Crippen molar-refractivity contribution >= 4 is 112 Å². The van der Waals surface area contributed by atoms with Crippen molar-refractivity contribution in [2.24, 2.45) is 5.92 Å². The van der Waals surface area contributed by atoms with Gasteiger partial charge in [-0.05, 0) is 238 Å². The van der Waals surface area contributed by atoms with E-state index in [0.29, 0.717) is 0 Å². The third-order valence-electron chi connectivity index (χ3n) is 25.6. The molecule has 22 aromatic rings. The van der Waals surface area contributed by atoms with Crippen LogP contribution in [0, 0.1) is 5.92 Å². The second-order valence-corrected chi connectivity index (χ2v) is 34.3. The second-order valence-electron chi connectivity index (χ2n) is 32.1. The molecular formula is C115H74N2S2. The maximum atomic E-state index is 2.62. The van der Waals surface area contributed by atoms with Crippen LogP contribution in [-0.2, 0) is 5.41 Å². The first kappa shape index (κ1) is 68.8. The smallest absolute Gasteiger partial charge is 0.0640 e. The number of fused-ring (bicyclic) bond motifs is 15. The molecule has 2 aliphatic carbocycles. The number of aromatic nitrogens is 2. The van der Waals surface area contributed by atoms with Crippen molar-refractivity contribution in [1.82, 2.24) is 9.13 Å². The van der Waals surface area contributed by atoms with Crippen LogP contribution in [0.2, 0.25) is 0 Å². The SMILES string of the molecule is C1=CC2C(C=C1c1ccc3sc4ccc(-c5cc(-c6cccc(-c7cccc(-c8cccc(-c9cccc(-c%10cccc(-c%11ccccc%11)c%10)c9)c8)c7)c6)cc(-n6c7ccccc7c7ccccc76)c5)cc4c3c1)c1cc(-c3ccc4sc5c(-n6c7ccccc7c7ccccc76)cccc5c4c3)ccc1C2(c1ccccc1)c1ccccc1. The zero-order valence-electron chi connectivity index (χ0n) is 64.9. The molecule has 24 rings (SSSR count). The number of benzene rings is 18. The van der Waals surface area contributed by atoms with Crippen molar-refractivity contribution < 1.29 is 0 Å². The topological polar surface area (TPSA) is 9.86 Å². The molecule has 556 valence electrons. The van der Waals surface area contributed by atoms with Gasteiger partial charge in [0.05, 0.1) is 37.9 Å². The highest BCUT2D eigenvalue weighted by Crippen LogP contribution is 2.61. The van der Waals surface area contributed by atoms with Crippen LogP contribution in [0.4, 0.5) is 0 Å². The van der Waals surface area contributed by atoms with Crippen LogP contribution in [0.25, 0.3) is 190 Å². The molecule has 4 heterocycles. The zero-order valence-corrected chi connectivity index (χ0v) is 66.6. The Morgan fingerprint density at radius 1 is 0.235 bits per heavy atom. The fourth-order valence-electron chi connectivity index (χ4n) is 20.1. The summed E-state index contributed by atoms with van der Waals surface area (Å²) in [5, 5.41) is 10.1. The number of hydrogen-bond acceptors (Lipinski definition) is 2. The standard InChI is InChI=1S/C115H74N2S2/c1-4-24-73(25-5-1)74-26-18-27-75(60-74)76-28-19-29-77(61-76)78-30-20-31-79(62-78)80-32-21-33-81(63-80)82-34-22-35-83(64-82)89-65-90(67-93(66-89)116-106-45-14-10-40-94(106)95-41-11-15-46-107(95)116)88-54-58-112-103(72-88)102-71-87(52-57-111(102)118-112)85-51-56-105-100(69-85)99-68-84(50-55-104(99)115(105,91-36-6-2-7-37-91)92-38-8-3-9-39-92)86-53-59-113-101(70-86)98-44-23-49-110(114(98)119-113)117-108-47-16-12-42-96(108)97-43-13-17-48-109(97)117/h1-72,100,105H. The summed E-state index contributed by atoms with van der Waals surface area (Å²) in [6.07, 6.45) is 7.63. The lowest BCUT2D eigenvalue weighted by molar-refractivity contribution is 0.457. The Morgan fingerprint density at radius 2 is 0.580 bits per heavy atom. The van der Waals surface area contributed by atoms with E-state index in [1.165, 1.54) is 190 Å². The van der Waals surface area contributed by atoms with Gasteiger partial charge in [-0.2, -0.15) is 0 Å². The predicted octanol–water partition coefficient (Wildman–Crippen LogP) is 31.7. The number of allylic oxidation sites excluding steroid dienone is 4. The Bertz CT molecular complexity index is 7790. The highest BCUT2D eigenvalue weighted by atomic mass is 32.1. The molecule has 2 atom stereocenters. The fourth-order valence-corrected chi connectivity index (χ4v) is 22.4. The quantitative estimate of drug-likeness (QED) is 0.109. The molecule has 0 aliphatic heterocycles. The molecule has 4 aromatic heterocycles. The van der Waals surface area contributed by atoms with Crippen LogP contribution >= 0.6 is 22.7 Å². The van der Waals surface area contributed by atoms with E-state index in [4.69, 9.17) is 0 Å². The number of thiophene rings is 2. The molecule has 0 saturated carbocycles. The molecule has 2 aliphatic rings. The molecule has 0 radical (unpaired) electrons. The Kier molecular flexibility index (Phi) is 16.1. The first-order chi connectivity index (χ1) is 58.9. The monoisotopic (exact) mass is 1550 g/mol. The van der Waals surface area contributed by atoms with Gasteiger partial charge in [0.15, 0.2) is 0 Å². The zero-order chi connectivity index (χ0) is 78.2. The summed E-state index contributed by atoms with van der Waals surface area (Å²) in [4.78, 5) is 0. The molecule has 0 N–H and O–H groups in total. The minimum absolute atomic E-state index is 0.0715. The Morgan fingerprint density at radius 3 is 1.08 bits per heavy atom. The normalized spacial score (nSPS) is 14.3. The van der Waals surface area contributed by atoms with Crippen LogP contribution < -0.4 is 0 Å². The van der Waals surface area contributed by atoms with Gasteiger partial charge in [-0.25, -0.2) is 0 Å². The Hall–Kier alpha value is -14.5. The van der Waals surface area contributed by atoms with E-state index in [1.807, 2.05) is 22.7 Å². The van der Waals surface area contributed by atoms with E-state index < -0.39 is 5.41 Å². The van der Waals surface area contributed by atoms with Crippen molar-refractivity contribution in [2.45, 2.75) is 11.3 Å². The number of nitrogens with zero attached hydrogens (tertiary/aromatic N) is 2. The largest absolute Gasteiger partial charge is 0.309 e. The van der Waals surface area contributed by atoms with Gasteiger partial charge in [-0.1, -0.05) is 322 Å². The van der Waals surface area contributed by atoms with Gasteiger partial charge < -0.3 is 9.13 Å². The summed E-state index contributed by atoms with van der Waals surface area (Å²) in [5.74, 6) is 0.177. The van der Waals surface area contributed by atoms with E-state index in [1.54, 1.807) is 0 Å². The van der Waals surface area contributed by atoms with Gasteiger partial charge in [0.1, 0.15) is 0 Å². The van der Waals surface area contributed by atoms with Gasteiger partial charge in [0, 0.05) is 74.7 Å². The molecule has 2 nitrogen and oxygen atoms in total. The summed E-state index contributed by atoms with van der Waals surface area (Å²) in [6, 6.07) is 157. The van der Waals surface area contributed by atoms with Gasteiger partial charge in [0.2, 0.25) is 0 Å². The molecule has 0 fully saturated rings. The number of para-hydroxylation sites is 4. The summed E-state index contributed by atoms with van der Waals surface area (Å²) >= 11 is 3.78. The fraction of sp³-hybridized carbons (Fsp3) is 0.0261. The Labute approximate surface area is 698 Å². The van der Waals surface area contributed by atoms with Crippen LogP contribution in [0.15, 0.2) is 437 Å². The minimum Gasteiger partial charge on any atom is -0.309 e. The van der Waals surface area contributed by atoms with Gasteiger partial charge in [0.25, 0.3) is 0 Å². The minimum atomic E-state index is -0.448. The lowest BCUT2D eigenvalue weighted by Gasteiger charge is -2.39. The second kappa shape index (κ2) is 27.9. The van der Waals surface area contributed by atoms with E-state index in [-0.39, 0.29) is 11.8 Å². The molecule has 2 unspecified atom stereocenters. The number of hydrogen-bond donors (Lipinski definition) is 0. The Balaban J connectivity index is 0.595. The third-order valence-corrected chi connectivity index (χ3v) is 28.0. The molecule has 0 amide bonds. The van der Waals surface area contributed by atoms with Crippen LogP contribution in [-0.4, -0.2) is 9.13 Å². The summed E-state index contributed by atoms with van der Waals surface area (Å²) in [5.41, 5.74) is 33.5. The predicted molar refractivity (Wildman–Crippen MR) is 507 cm³/mol. The van der Waals surface area contributed by atoms with E-state index in [9.17, 15) is 0 Å². The third kappa shape index (κ3) is 11.3. The number of rotatable bonds is 13. The van der Waals surface area contributed by atoms with Crippen molar-refractivity contribution in [3.63, 3.8) is 0 Å². The average Bonchev–Trinajstić information content (AvgIpc) is 1.53. The van der Waals surface area contributed by atoms with Gasteiger partial charge >= 0.3 is 0 Å². The van der Waals surface area contributed by atoms with Crippen molar-refractivity contribution in [3.05, 3.63) is 465 Å². The highest BCUT2D eigenvalue weighted by molar-refractivity contribution is 7.26. The molecule has 0 bridgehead atoms. The van der Waals surface area contributed by atoms with Gasteiger partial charge in [-0.3, -0.25) is 0 Å². The summed E-state index contributed by atoms with van der Waals surface area (Å²) in [6.45, 7) is 0. The lowest BCUT2D eigenvalue weighted by Crippen LogP contribution is -2.35. The molecule has 18 aromatic carbocycles. The molecule has 0 spiro atoms. The van der Waals surface area contributed by atoms with Crippen LogP contribution in [0.1, 0.15) is 33.7 Å². The maximum absolute atomic E-state index is 2.62. The summed E-state index contributed by atoms with van der Waals surface area (Å²) in [7, 11) is 0. The first-order valence-corrected chi connectivity index (χ1v) is 42.9. The van der Waals surface area contributed by atoms with Crippen molar-refractivity contribution in [2.75, 3.05) is 0 Å². The van der Waals surface area contributed by atoms with Crippen molar-refractivity contribution in [3.8, 4) is 100 Å².